The van der Waals surface area contributed by atoms with Gasteiger partial charge in [0.15, 0.2) is 0 Å². The number of hydrogen-bond donors (Lipinski definition) is 2. The molecule has 3 N–H and O–H groups in total. The third-order valence-electron chi connectivity index (χ3n) is 2.10. The average molecular weight is 162 g/mol. The molecule has 1 fully saturated rings. The van der Waals surface area contributed by atoms with Crippen LogP contribution in [0.2, 0.25) is 0 Å². The van der Waals surface area contributed by atoms with E-state index >= 15 is 0 Å². The molecule has 0 aliphatic heterocycles. The normalized spacial score (nSPS) is 26.0. The molecule has 0 aromatic rings. The number of hydrogen-bond acceptors (Lipinski definition) is 2. The first-order valence-electron chi connectivity index (χ1n) is 3.60. The number of nitrogens with two attached hydrogens (primary N) is 1. The Labute approximate surface area is 61.5 Å². The first-order chi connectivity index (χ1) is 4.65. The van der Waals surface area contributed by atoms with Crippen molar-refractivity contribution < 1.29 is 9.46 Å². The van der Waals surface area contributed by atoms with E-state index < -0.39 is 13.3 Å². The molecule has 1 atom stereocenters. The first kappa shape index (κ1) is 8.12. The highest BCUT2D eigenvalue weighted by atomic mass is 31.1. The Kier molecular flexibility index (Phi) is 2.40. The minimum atomic E-state index is -2.17. The smallest absolute Gasteiger partial charge is 0.282 e. The van der Waals surface area contributed by atoms with Gasteiger partial charge in [-0.25, -0.2) is 0 Å². The molecule has 4 heteroatoms. The summed E-state index contributed by atoms with van der Waals surface area (Å²) in [6.45, 7) is 0. The summed E-state index contributed by atoms with van der Waals surface area (Å²) in [6, 6.07) is 0. The van der Waals surface area contributed by atoms with Crippen LogP contribution < -0.4 is 5.73 Å². The zero-order valence-electron chi connectivity index (χ0n) is 5.92. The van der Waals surface area contributed by atoms with E-state index in [4.69, 9.17) is 10.6 Å². The van der Waals surface area contributed by atoms with Gasteiger partial charge in [-0.15, -0.1) is 0 Å². The van der Waals surface area contributed by atoms with Crippen LogP contribution in [0.1, 0.15) is 32.1 Å². The summed E-state index contributed by atoms with van der Waals surface area (Å²) in [5.74, 6) is 0. The van der Waals surface area contributed by atoms with Crippen LogP contribution in [0.25, 0.3) is 0 Å². The number of rotatable bonds is 1. The predicted octanol–water partition coefficient (Wildman–Crippen LogP) is 1.34. The Morgan fingerprint density at radius 3 is 2.10 bits per heavy atom. The minimum Gasteiger partial charge on any atom is -0.282 e. The second-order valence-electron chi connectivity index (χ2n) is 2.94. The maximum atomic E-state index is 10.7. The third kappa shape index (κ3) is 1.54. The summed E-state index contributed by atoms with van der Waals surface area (Å²) >= 11 is 0. The van der Waals surface area contributed by atoms with Crippen molar-refractivity contribution in [3.63, 3.8) is 0 Å². The molecule has 1 aliphatic rings. The molecule has 10 heavy (non-hydrogen) atoms. The lowest BCUT2D eigenvalue weighted by molar-refractivity contribution is 0.356. The Bertz CT molecular complexity index is 143. The van der Waals surface area contributed by atoms with Crippen molar-refractivity contribution in [3.05, 3.63) is 0 Å². The second kappa shape index (κ2) is 2.95. The molecule has 0 bridgehead atoms. The van der Waals surface area contributed by atoms with E-state index in [0.29, 0.717) is 12.8 Å². The molecule has 58 valence electrons. The molecule has 0 amide bonds. The summed E-state index contributed by atoms with van der Waals surface area (Å²) in [4.78, 5) is 8.82. The van der Waals surface area contributed by atoms with E-state index in [1.54, 1.807) is 0 Å². The van der Waals surface area contributed by atoms with Crippen LogP contribution in [0.5, 0.6) is 0 Å². The molecule has 0 saturated heterocycles. The minimum absolute atomic E-state index is 0.707. The van der Waals surface area contributed by atoms with E-state index in [9.17, 15) is 4.57 Å². The molecular formula is C6H13NO2P+. The highest BCUT2D eigenvalue weighted by Gasteiger charge is 2.45. The quantitative estimate of drug-likeness (QED) is 0.572. The van der Waals surface area contributed by atoms with Crippen LogP contribution in [0, 0.1) is 0 Å². The van der Waals surface area contributed by atoms with Gasteiger partial charge in [0.2, 0.25) is 5.28 Å². The van der Waals surface area contributed by atoms with Gasteiger partial charge in [0.1, 0.15) is 0 Å². The summed E-state index contributed by atoms with van der Waals surface area (Å²) in [6.07, 6.45) is 4.57. The van der Waals surface area contributed by atoms with Gasteiger partial charge >= 0.3 is 8.03 Å². The van der Waals surface area contributed by atoms with Crippen LogP contribution in [-0.4, -0.2) is 10.2 Å². The fourth-order valence-corrected chi connectivity index (χ4v) is 2.05. The van der Waals surface area contributed by atoms with Gasteiger partial charge in [-0.05, 0) is 17.4 Å². The Morgan fingerprint density at radius 1 is 1.30 bits per heavy atom. The van der Waals surface area contributed by atoms with E-state index in [1.807, 2.05) is 0 Å². The van der Waals surface area contributed by atoms with Gasteiger partial charge in [-0.1, -0.05) is 6.42 Å². The van der Waals surface area contributed by atoms with Crippen molar-refractivity contribution in [1.29, 1.82) is 0 Å². The van der Waals surface area contributed by atoms with Gasteiger partial charge < -0.3 is 0 Å². The lowest BCUT2D eigenvalue weighted by Gasteiger charge is -2.20. The van der Waals surface area contributed by atoms with Crippen LogP contribution in [0.4, 0.5) is 0 Å². The Morgan fingerprint density at radius 2 is 1.80 bits per heavy atom. The molecule has 1 saturated carbocycles. The summed E-state index contributed by atoms with van der Waals surface area (Å²) in [7, 11) is -2.17. The van der Waals surface area contributed by atoms with Gasteiger partial charge in [-0.3, -0.25) is 5.73 Å². The van der Waals surface area contributed by atoms with E-state index in [2.05, 4.69) is 0 Å². The fraction of sp³-hybridized carbons (Fsp3) is 1.00. The van der Waals surface area contributed by atoms with E-state index in [0.717, 1.165) is 19.3 Å². The standard InChI is InChI=1S/C6H12NO2P/c7-6(10(8)9)4-2-1-3-5-6/h1-5,7H2/p+1. The monoisotopic (exact) mass is 162 g/mol. The molecule has 1 aliphatic carbocycles. The molecule has 3 nitrogen and oxygen atoms in total. The summed E-state index contributed by atoms with van der Waals surface area (Å²) < 4.78 is 10.7. The highest BCUT2D eigenvalue weighted by molar-refractivity contribution is 7.39. The molecule has 0 spiro atoms. The van der Waals surface area contributed by atoms with Crippen molar-refractivity contribution in [2.45, 2.75) is 37.4 Å². The van der Waals surface area contributed by atoms with Crippen molar-refractivity contribution in [3.8, 4) is 0 Å². The molecular weight excluding hydrogens is 149 g/mol. The van der Waals surface area contributed by atoms with Crippen molar-refractivity contribution in [1.82, 2.24) is 0 Å². The Hall–Kier alpha value is 0.0200. The van der Waals surface area contributed by atoms with Crippen molar-refractivity contribution >= 4 is 8.03 Å². The molecule has 1 unspecified atom stereocenters. The zero-order chi connectivity index (χ0) is 7.61. The predicted molar refractivity (Wildman–Crippen MR) is 39.8 cm³/mol. The maximum Gasteiger partial charge on any atom is 0.527 e. The molecule has 0 radical (unpaired) electrons. The summed E-state index contributed by atoms with van der Waals surface area (Å²) in [5.41, 5.74) is 5.67. The van der Waals surface area contributed by atoms with E-state index in [1.165, 1.54) is 0 Å². The van der Waals surface area contributed by atoms with Gasteiger partial charge in [0.25, 0.3) is 0 Å². The van der Waals surface area contributed by atoms with Crippen LogP contribution in [-0.2, 0) is 4.57 Å². The summed E-state index contributed by atoms with van der Waals surface area (Å²) in [5, 5.41) is -0.756. The topological polar surface area (TPSA) is 63.3 Å². The fourth-order valence-electron chi connectivity index (χ4n) is 1.36. The third-order valence-corrected chi connectivity index (χ3v) is 3.31. The largest absolute Gasteiger partial charge is 0.527 e. The van der Waals surface area contributed by atoms with Gasteiger partial charge in [-0.2, -0.15) is 4.89 Å². The first-order valence-corrected chi connectivity index (χ1v) is 4.81. The molecule has 0 aromatic carbocycles. The zero-order valence-corrected chi connectivity index (χ0v) is 6.81. The van der Waals surface area contributed by atoms with Crippen LogP contribution in [0.3, 0.4) is 0 Å². The molecule has 0 aromatic heterocycles. The molecule has 0 heterocycles. The maximum absolute atomic E-state index is 10.7. The Balaban J connectivity index is 2.56. The van der Waals surface area contributed by atoms with E-state index in [-0.39, 0.29) is 0 Å². The van der Waals surface area contributed by atoms with Crippen LogP contribution in [0.15, 0.2) is 0 Å². The lowest BCUT2D eigenvalue weighted by atomic mass is 9.96. The average Bonchev–Trinajstić information content (AvgIpc) is 1.89. The van der Waals surface area contributed by atoms with Crippen molar-refractivity contribution in [2.75, 3.05) is 0 Å². The second-order valence-corrected chi connectivity index (χ2v) is 4.37. The van der Waals surface area contributed by atoms with Crippen LogP contribution >= 0.6 is 8.03 Å². The lowest BCUT2D eigenvalue weighted by Crippen LogP contribution is -2.37. The van der Waals surface area contributed by atoms with Gasteiger partial charge in [0, 0.05) is 12.8 Å². The highest BCUT2D eigenvalue weighted by Crippen LogP contribution is 2.41. The molecule has 1 rings (SSSR count). The van der Waals surface area contributed by atoms with Crippen molar-refractivity contribution in [2.24, 2.45) is 5.73 Å². The van der Waals surface area contributed by atoms with Gasteiger partial charge in [0.05, 0.1) is 0 Å². The SMILES string of the molecule is NC1([P+](=O)O)CCCCC1.